The number of carbonyl (C=O) groups is 1. The van der Waals surface area contributed by atoms with Crippen LogP contribution in [0.25, 0.3) is 6.08 Å². The number of benzene rings is 1. The fourth-order valence-corrected chi connectivity index (χ4v) is 1.10. The standard InChI is InChI=1S/C12H13FO/c1-8-4-5-12(13)7-11(8)6-9(2)10(3)14/h4-7H,1-3H3/b9-6+. The first-order valence-electron chi connectivity index (χ1n) is 4.46. The molecular formula is C12H13FO. The number of allylic oxidation sites excluding steroid dienone is 1. The summed E-state index contributed by atoms with van der Waals surface area (Å²) >= 11 is 0. The minimum Gasteiger partial charge on any atom is -0.295 e. The van der Waals surface area contributed by atoms with Gasteiger partial charge in [0.25, 0.3) is 0 Å². The van der Waals surface area contributed by atoms with Crippen LogP contribution >= 0.6 is 0 Å². The molecule has 14 heavy (non-hydrogen) atoms. The third-order valence-corrected chi connectivity index (χ3v) is 2.17. The average Bonchev–Trinajstić information content (AvgIpc) is 2.11. The highest BCUT2D eigenvalue weighted by Crippen LogP contribution is 2.14. The van der Waals surface area contributed by atoms with Crippen molar-refractivity contribution in [3.05, 3.63) is 40.7 Å². The summed E-state index contributed by atoms with van der Waals surface area (Å²) in [6, 6.07) is 4.55. The van der Waals surface area contributed by atoms with E-state index >= 15 is 0 Å². The second kappa shape index (κ2) is 4.18. The minimum atomic E-state index is -0.279. The Bertz CT molecular complexity index is 391. The van der Waals surface area contributed by atoms with Crippen molar-refractivity contribution in [2.45, 2.75) is 20.8 Å². The van der Waals surface area contributed by atoms with Gasteiger partial charge in [-0.15, -0.1) is 0 Å². The SMILES string of the molecule is CC(=O)/C(C)=C/c1cc(F)ccc1C. The van der Waals surface area contributed by atoms with Gasteiger partial charge < -0.3 is 0 Å². The molecule has 0 saturated carbocycles. The number of ketones is 1. The van der Waals surface area contributed by atoms with E-state index in [2.05, 4.69) is 0 Å². The van der Waals surface area contributed by atoms with Crippen LogP contribution in [-0.4, -0.2) is 5.78 Å². The molecule has 0 N–H and O–H groups in total. The Morgan fingerprint density at radius 3 is 2.57 bits per heavy atom. The highest BCUT2D eigenvalue weighted by atomic mass is 19.1. The van der Waals surface area contributed by atoms with Crippen LogP contribution in [0.15, 0.2) is 23.8 Å². The molecule has 0 aromatic heterocycles. The molecule has 0 aliphatic heterocycles. The van der Waals surface area contributed by atoms with Crippen molar-refractivity contribution in [3.63, 3.8) is 0 Å². The third-order valence-electron chi connectivity index (χ3n) is 2.17. The molecule has 74 valence electrons. The number of aryl methyl sites for hydroxylation is 1. The molecule has 0 bridgehead atoms. The molecule has 0 radical (unpaired) electrons. The van der Waals surface area contributed by atoms with Crippen molar-refractivity contribution in [1.29, 1.82) is 0 Å². The van der Waals surface area contributed by atoms with Gasteiger partial charge >= 0.3 is 0 Å². The predicted octanol–water partition coefficient (Wildman–Crippen LogP) is 3.13. The molecule has 0 amide bonds. The zero-order chi connectivity index (χ0) is 10.7. The van der Waals surface area contributed by atoms with Gasteiger partial charge in [-0.25, -0.2) is 4.39 Å². The number of carbonyl (C=O) groups excluding carboxylic acids is 1. The van der Waals surface area contributed by atoms with Crippen molar-refractivity contribution in [1.82, 2.24) is 0 Å². The van der Waals surface area contributed by atoms with E-state index in [0.29, 0.717) is 5.57 Å². The molecular weight excluding hydrogens is 179 g/mol. The van der Waals surface area contributed by atoms with Gasteiger partial charge in [0.15, 0.2) is 5.78 Å². The summed E-state index contributed by atoms with van der Waals surface area (Å²) in [5.41, 5.74) is 2.36. The normalized spacial score (nSPS) is 11.6. The van der Waals surface area contributed by atoms with E-state index in [-0.39, 0.29) is 11.6 Å². The fraction of sp³-hybridized carbons (Fsp3) is 0.250. The van der Waals surface area contributed by atoms with Crippen LogP contribution < -0.4 is 0 Å². The fourth-order valence-electron chi connectivity index (χ4n) is 1.10. The molecule has 1 aromatic rings. The Morgan fingerprint density at radius 2 is 2.00 bits per heavy atom. The number of Topliss-reactive ketones (excluding diaryl/α,β-unsaturated/α-hetero) is 1. The average molecular weight is 192 g/mol. The third kappa shape index (κ3) is 2.52. The van der Waals surface area contributed by atoms with Crippen LogP contribution in [0.1, 0.15) is 25.0 Å². The zero-order valence-electron chi connectivity index (χ0n) is 8.60. The Hall–Kier alpha value is -1.44. The lowest BCUT2D eigenvalue weighted by Gasteiger charge is -2.01. The van der Waals surface area contributed by atoms with E-state index in [9.17, 15) is 9.18 Å². The van der Waals surface area contributed by atoms with Gasteiger partial charge in [0, 0.05) is 0 Å². The van der Waals surface area contributed by atoms with Crippen molar-refractivity contribution in [3.8, 4) is 0 Å². The summed E-state index contributed by atoms with van der Waals surface area (Å²) < 4.78 is 12.9. The first kappa shape index (κ1) is 10.6. The summed E-state index contributed by atoms with van der Waals surface area (Å²) in [5, 5.41) is 0. The maximum atomic E-state index is 12.9. The Balaban J connectivity index is 3.13. The van der Waals surface area contributed by atoms with Gasteiger partial charge in [0.1, 0.15) is 5.82 Å². The van der Waals surface area contributed by atoms with E-state index < -0.39 is 0 Å². The molecule has 1 rings (SSSR count). The molecule has 0 unspecified atom stereocenters. The Labute approximate surface area is 83.3 Å². The van der Waals surface area contributed by atoms with Gasteiger partial charge in [-0.2, -0.15) is 0 Å². The van der Waals surface area contributed by atoms with Crippen molar-refractivity contribution >= 4 is 11.9 Å². The van der Waals surface area contributed by atoms with Gasteiger partial charge in [-0.3, -0.25) is 4.79 Å². The molecule has 0 aliphatic carbocycles. The highest BCUT2D eigenvalue weighted by molar-refractivity contribution is 5.97. The van der Waals surface area contributed by atoms with Crippen LogP contribution in [0.3, 0.4) is 0 Å². The molecule has 0 heterocycles. The maximum absolute atomic E-state index is 12.9. The second-order valence-corrected chi connectivity index (χ2v) is 3.38. The smallest absolute Gasteiger partial charge is 0.155 e. The van der Waals surface area contributed by atoms with Crippen molar-refractivity contribution in [2.75, 3.05) is 0 Å². The summed E-state index contributed by atoms with van der Waals surface area (Å²) in [4.78, 5) is 11.0. The zero-order valence-corrected chi connectivity index (χ0v) is 8.60. The monoisotopic (exact) mass is 192 g/mol. The van der Waals surface area contributed by atoms with E-state index in [1.54, 1.807) is 19.1 Å². The Morgan fingerprint density at radius 1 is 1.36 bits per heavy atom. The van der Waals surface area contributed by atoms with E-state index in [4.69, 9.17) is 0 Å². The largest absolute Gasteiger partial charge is 0.295 e. The van der Waals surface area contributed by atoms with Crippen LogP contribution in [0.2, 0.25) is 0 Å². The van der Waals surface area contributed by atoms with Crippen molar-refractivity contribution < 1.29 is 9.18 Å². The molecule has 0 saturated heterocycles. The van der Waals surface area contributed by atoms with Crippen molar-refractivity contribution in [2.24, 2.45) is 0 Å². The molecule has 0 spiro atoms. The second-order valence-electron chi connectivity index (χ2n) is 3.38. The van der Waals surface area contributed by atoms with E-state index in [1.165, 1.54) is 19.1 Å². The number of rotatable bonds is 2. The molecule has 1 nitrogen and oxygen atoms in total. The Kier molecular flexibility index (Phi) is 3.18. The number of hydrogen-bond acceptors (Lipinski definition) is 1. The molecule has 0 aliphatic rings. The number of halogens is 1. The van der Waals surface area contributed by atoms with Crippen LogP contribution in [-0.2, 0) is 4.79 Å². The first-order chi connectivity index (χ1) is 6.50. The summed E-state index contributed by atoms with van der Waals surface area (Å²) in [7, 11) is 0. The van der Waals surface area contributed by atoms with Gasteiger partial charge in [0.2, 0.25) is 0 Å². The van der Waals surface area contributed by atoms with Crippen LogP contribution in [0.4, 0.5) is 4.39 Å². The number of hydrogen-bond donors (Lipinski definition) is 0. The lowest BCUT2D eigenvalue weighted by atomic mass is 10.0. The lowest BCUT2D eigenvalue weighted by molar-refractivity contribution is -0.113. The summed E-state index contributed by atoms with van der Waals surface area (Å²) in [5.74, 6) is -0.271. The van der Waals surface area contributed by atoms with Gasteiger partial charge in [-0.1, -0.05) is 6.07 Å². The molecule has 0 fully saturated rings. The minimum absolute atomic E-state index is 0.00802. The van der Waals surface area contributed by atoms with Crippen LogP contribution in [0.5, 0.6) is 0 Å². The van der Waals surface area contributed by atoms with E-state index in [1.807, 2.05) is 6.92 Å². The van der Waals surface area contributed by atoms with Crippen LogP contribution in [0, 0.1) is 12.7 Å². The summed E-state index contributed by atoms with van der Waals surface area (Å²) in [6.45, 7) is 5.12. The summed E-state index contributed by atoms with van der Waals surface area (Å²) in [6.07, 6.45) is 1.71. The molecule has 1 aromatic carbocycles. The maximum Gasteiger partial charge on any atom is 0.155 e. The lowest BCUT2D eigenvalue weighted by Crippen LogP contribution is -1.92. The predicted molar refractivity (Wildman–Crippen MR) is 55.5 cm³/mol. The molecule has 0 atom stereocenters. The first-order valence-corrected chi connectivity index (χ1v) is 4.46. The molecule has 2 heteroatoms. The quantitative estimate of drug-likeness (QED) is 0.658. The highest BCUT2D eigenvalue weighted by Gasteiger charge is 2.00. The van der Waals surface area contributed by atoms with E-state index in [0.717, 1.165) is 11.1 Å². The van der Waals surface area contributed by atoms with Gasteiger partial charge in [0.05, 0.1) is 0 Å². The van der Waals surface area contributed by atoms with Gasteiger partial charge in [-0.05, 0) is 55.7 Å². The topological polar surface area (TPSA) is 17.1 Å².